The number of methoxy groups -OCH3 is 3. The summed E-state index contributed by atoms with van der Waals surface area (Å²) in [7, 11) is 4.78. The fraction of sp³-hybridized carbons (Fsp3) is 0.143. The van der Waals surface area contributed by atoms with Gasteiger partial charge in [-0.1, -0.05) is 12.1 Å². The molecule has 6 nitrogen and oxygen atoms in total. The maximum Gasteiger partial charge on any atom is 0.250 e. The van der Waals surface area contributed by atoms with Crippen molar-refractivity contribution >= 4 is 28.5 Å². The first kappa shape index (κ1) is 19.4. The van der Waals surface area contributed by atoms with Crippen molar-refractivity contribution in [2.45, 2.75) is 0 Å². The molecule has 0 fully saturated rings. The van der Waals surface area contributed by atoms with Crippen LogP contribution in [0.1, 0.15) is 5.56 Å². The van der Waals surface area contributed by atoms with Crippen molar-refractivity contribution in [2.24, 2.45) is 0 Å². The summed E-state index contributed by atoms with van der Waals surface area (Å²) in [5, 5.41) is 5.17. The quantitative estimate of drug-likeness (QED) is 0.596. The smallest absolute Gasteiger partial charge is 0.250 e. The maximum atomic E-state index is 12.2. The standard InChI is InChI=1S/C21H20N2O4S/c1-25-16-6-4-5-14(11-16)7-10-20(24)23-21-22-17(13-28-21)15-8-9-18(26-2)19(12-15)27-3/h4-13H,1-3H3,(H,22,23,24)/b10-7+. The molecule has 144 valence electrons. The van der Waals surface area contributed by atoms with Crippen LogP contribution >= 0.6 is 11.3 Å². The van der Waals surface area contributed by atoms with E-state index in [-0.39, 0.29) is 5.91 Å². The molecule has 0 aliphatic carbocycles. The van der Waals surface area contributed by atoms with Crippen molar-refractivity contribution in [1.29, 1.82) is 0 Å². The molecular weight excluding hydrogens is 376 g/mol. The molecule has 0 atom stereocenters. The van der Waals surface area contributed by atoms with Gasteiger partial charge in [-0.05, 0) is 42.0 Å². The van der Waals surface area contributed by atoms with E-state index < -0.39 is 0 Å². The number of hydrogen-bond donors (Lipinski definition) is 1. The number of benzene rings is 2. The molecule has 0 aliphatic heterocycles. The van der Waals surface area contributed by atoms with E-state index >= 15 is 0 Å². The molecule has 0 bridgehead atoms. The fourth-order valence-electron chi connectivity index (χ4n) is 2.52. The zero-order valence-corrected chi connectivity index (χ0v) is 16.6. The van der Waals surface area contributed by atoms with E-state index in [1.54, 1.807) is 27.4 Å². The highest BCUT2D eigenvalue weighted by molar-refractivity contribution is 7.14. The summed E-state index contributed by atoms with van der Waals surface area (Å²) in [6.45, 7) is 0. The molecule has 3 aromatic rings. The average molecular weight is 396 g/mol. The summed E-state index contributed by atoms with van der Waals surface area (Å²) in [6, 6.07) is 13.0. The van der Waals surface area contributed by atoms with E-state index in [1.165, 1.54) is 17.4 Å². The van der Waals surface area contributed by atoms with Gasteiger partial charge in [0, 0.05) is 17.0 Å². The van der Waals surface area contributed by atoms with Crippen LogP contribution in [-0.2, 0) is 4.79 Å². The van der Waals surface area contributed by atoms with Crippen molar-refractivity contribution in [3.8, 4) is 28.5 Å². The van der Waals surface area contributed by atoms with Crippen LogP contribution in [0.3, 0.4) is 0 Å². The second-order valence-corrected chi connectivity index (χ2v) is 6.56. The van der Waals surface area contributed by atoms with Gasteiger partial charge in [-0.25, -0.2) is 4.98 Å². The van der Waals surface area contributed by atoms with Gasteiger partial charge in [0.05, 0.1) is 27.0 Å². The number of hydrogen-bond acceptors (Lipinski definition) is 6. The van der Waals surface area contributed by atoms with Gasteiger partial charge in [-0.15, -0.1) is 11.3 Å². The van der Waals surface area contributed by atoms with E-state index in [2.05, 4.69) is 10.3 Å². The monoisotopic (exact) mass is 396 g/mol. The zero-order chi connectivity index (χ0) is 19.9. The first-order chi connectivity index (χ1) is 13.6. The number of aromatic nitrogens is 1. The molecule has 0 spiro atoms. The highest BCUT2D eigenvalue weighted by Gasteiger charge is 2.10. The van der Waals surface area contributed by atoms with Crippen molar-refractivity contribution in [3.05, 3.63) is 59.5 Å². The molecule has 7 heteroatoms. The minimum absolute atomic E-state index is 0.254. The Balaban J connectivity index is 1.68. The summed E-state index contributed by atoms with van der Waals surface area (Å²) >= 11 is 1.35. The number of nitrogens with one attached hydrogen (secondary N) is 1. The van der Waals surface area contributed by atoms with Crippen molar-refractivity contribution in [3.63, 3.8) is 0 Å². The summed E-state index contributed by atoms with van der Waals surface area (Å²) < 4.78 is 15.7. The second-order valence-electron chi connectivity index (χ2n) is 5.71. The number of nitrogens with zero attached hydrogens (tertiary/aromatic N) is 1. The Morgan fingerprint density at radius 2 is 1.86 bits per heavy atom. The number of rotatable bonds is 7. The van der Waals surface area contributed by atoms with Gasteiger partial charge in [0.25, 0.3) is 0 Å². The molecule has 0 unspecified atom stereocenters. The summed E-state index contributed by atoms with van der Waals surface area (Å²) in [5.41, 5.74) is 2.50. The Morgan fingerprint density at radius 1 is 1.04 bits per heavy atom. The molecule has 0 saturated carbocycles. The van der Waals surface area contributed by atoms with Crippen LogP contribution < -0.4 is 19.5 Å². The number of carbonyl (C=O) groups is 1. The third-order valence-electron chi connectivity index (χ3n) is 3.93. The summed E-state index contributed by atoms with van der Waals surface area (Å²) in [6.07, 6.45) is 3.19. The normalized spacial score (nSPS) is 10.7. The van der Waals surface area contributed by atoms with Crippen LogP contribution in [0.25, 0.3) is 17.3 Å². The Hall–Kier alpha value is -3.32. The number of carbonyl (C=O) groups excluding carboxylic acids is 1. The van der Waals surface area contributed by atoms with Gasteiger partial charge < -0.3 is 14.2 Å². The SMILES string of the molecule is COc1cccc(/C=C/C(=O)Nc2nc(-c3ccc(OC)c(OC)c3)cs2)c1. The minimum atomic E-state index is -0.254. The molecule has 3 rings (SSSR count). The lowest BCUT2D eigenvalue weighted by Crippen LogP contribution is -2.07. The van der Waals surface area contributed by atoms with Gasteiger partial charge in [0.1, 0.15) is 5.75 Å². The van der Waals surface area contributed by atoms with E-state index in [0.717, 1.165) is 22.6 Å². The Labute approximate surface area is 167 Å². The molecule has 1 heterocycles. The molecule has 0 aliphatic rings. The van der Waals surface area contributed by atoms with Crippen LogP contribution in [0.5, 0.6) is 17.2 Å². The van der Waals surface area contributed by atoms with Crippen LogP contribution in [-0.4, -0.2) is 32.2 Å². The Kier molecular flexibility index (Phi) is 6.29. The second kappa shape index (κ2) is 9.05. The molecule has 28 heavy (non-hydrogen) atoms. The molecule has 1 N–H and O–H groups in total. The fourth-order valence-corrected chi connectivity index (χ4v) is 3.25. The van der Waals surface area contributed by atoms with Crippen molar-refractivity contribution < 1.29 is 19.0 Å². The highest BCUT2D eigenvalue weighted by atomic mass is 32.1. The lowest BCUT2D eigenvalue weighted by Gasteiger charge is -2.08. The Morgan fingerprint density at radius 3 is 2.61 bits per heavy atom. The lowest BCUT2D eigenvalue weighted by atomic mass is 10.1. The predicted octanol–water partition coefficient (Wildman–Crippen LogP) is 4.49. The minimum Gasteiger partial charge on any atom is -0.497 e. The van der Waals surface area contributed by atoms with Crippen LogP contribution in [0.2, 0.25) is 0 Å². The summed E-state index contributed by atoms with van der Waals surface area (Å²) in [4.78, 5) is 16.6. The zero-order valence-electron chi connectivity index (χ0n) is 15.8. The van der Waals surface area contributed by atoms with Gasteiger partial charge in [-0.2, -0.15) is 0 Å². The molecule has 0 radical (unpaired) electrons. The number of amides is 1. The molecular formula is C21H20N2O4S. The average Bonchev–Trinajstić information content (AvgIpc) is 3.20. The molecule has 1 aromatic heterocycles. The van der Waals surface area contributed by atoms with E-state index in [4.69, 9.17) is 14.2 Å². The first-order valence-electron chi connectivity index (χ1n) is 8.44. The van der Waals surface area contributed by atoms with Crippen LogP contribution in [0.15, 0.2) is 53.9 Å². The number of anilines is 1. The van der Waals surface area contributed by atoms with E-state index in [0.29, 0.717) is 16.6 Å². The lowest BCUT2D eigenvalue weighted by molar-refractivity contribution is -0.111. The van der Waals surface area contributed by atoms with Crippen LogP contribution in [0.4, 0.5) is 5.13 Å². The number of thiazole rings is 1. The highest BCUT2D eigenvalue weighted by Crippen LogP contribution is 2.33. The third kappa shape index (κ3) is 4.69. The van der Waals surface area contributed by atoms with Gasteiger partial charge in [0.15, 0.2) is 16.6 Å². The summed E-state index contributed by atoms with van der Waals surface area (Å²) in [5.74, 6) is 1.76. The van der Waals surface area contributed by atoms with E-state index in [1.807, 2.05) is 47.8 Å². The van der Waals surface area contributed by atoms with Crippen molar-refractivity contribution in [2.75, 3.05) is 26.6 Å². The molecule has 1 amide bonds. The van der Waals surface area contributed by atoms with Gasteiger partial charge in [-0.3, -0.25) is 10.1 Å². The van der Waals surface area contributed by atoms with Crippen LogP contribution in [0, 0.1) is 0 Å². The Bertz CT molecular complexity index is 998. The molecule has 0 saturated heterocycles. The topological polar surface area (TPSA) is 69.7 Å². The predicted molar refractivity (Wildman–Crippen MR) is 111 cm³/mol. The number of ether oxygens (including phenoxy) is 3. The van der Waals surface area contributed by atoms with Crippen molar-refractivity contribution in [1.82, 2.24) is 4.98 Å². The van der Waals surface area contributed by atoms with E-state index in [9.17, 15) is 4.79 Å². The maximum absolute atomic E-state index is 12.2. The first-order valence-corrected chi connectivity index (χ1v) is 9.32. The largest absolute Gasteiger partial charge is 0.497 e. The third-order valence-corrected chi connectivity index (χ3v) is 4.69. The van der Waals surface area contributed by atoms with Gasteiger partial charge >= 0.3 is 0 Å². The molecule has 2 aromatic carbocycles. The van der Waals surface area contributed by atoms with Gasteiger partial charge in [0.2, 0.25) is 5.91 Å².